The van der Waals surface area contributed by atoms with Crippen LogP contribution in [-0.2, 0) is 14.3 Å². The van der Waals surface area contributed by atoms with Crippen LogP contribution in [0.2, 0.25) is 5.02 Å². The molecule has 2 heterocycles. The van der Waals surface area contributed by atoms with Crippen molar-refractivity contribution in [2.45, 2.75) is 63.4 Å². The van der Waals surface area contributed by atoms with Crippen molar-refractivity contribution < 1.29 is 23.5 Å². The van der Waals surface area contributed by atoms with Crippen LogP contribution in [0.25, 0.3) is 11.0 Å². The van der Waals surface area contributed by atoms with Gasteiger partial charge in [0.2, 0.25) is 0 Å². The third-order valence-electron chi connectivity index (χ3n) is 8.26. The maximum atomic E-state index is 13.9. The first-order valence-corrected chi connectivity index (χ1v) is 14.0. The predicted molar refractivity (Wildman–Crippen MR) is 151 cm³/mol. The van der Waals surface area contributed by atoms with Gasteiger partial charge in [0.15, 0.2) is 11.2 Å². The van der Waals surface area contributed by atoms with Gasteiger partial charge in [-0.2, -0.15) is 0 Å². The van der Waals surface area contributed by atoms with E-state index in [1.807, 2.05) is 24.3 Å². The third kappa shape index (κ3) is 4.73. The Hall–Kier alpha value is -3.84. The molecule has 1 saturated carbocycles. The third-order valence-corrected chi connectivity index (χ3v) is 8.50. The highest BCUT2D eigenvalue weighted by atomic mass is 35.5. The molecule has 0 unspecified atom stereocenters. The number of halogens is 1. The van der Waals surface area contributed by atoms with Crippen LogP contribution in [0.5, 0.6) is 5.75 Å². The molecule has 1 N–H and O–H groups in total. The summed E-state index contributed by atoms with van der Waals surface area (Å²) in [6.45, 7) is 1.79. The lowest BCUT2D eigenvalue weighted by molar-refractivity contribution is -0.144. The monoisotopic (exact) mass is 559 g/mol. The maximum absolute atomic E-state index is 13.9. The number of carbonyl (C=O) groups excluding carboxylic acids is 2. The first-order valence-electron chi connectivity index (χ1n) is 13.6. The van der Waals surface area contributed by atoms with Gasteiger partial charge in [-0.1, -0.05) is 23.7 Å². The smallest absolute Gasteiger partial charge is 0.337 e. The first-order chi connectivity index (χ1) is 19.3. The van der Waals surface area contributed by atoms with E-state index in [9.17, 15) is 14.4 Å². The molecule has 0 radical (unpaired) electrons. The molecule has 1 fully saturated rings. The van der Waals surface area contributed by atoms with Gasteiger partial charge >= 0.3 is 5.97 Å². The fraction of sp³-hybridized carbons (Fsp3) is 0.344. The number of dihydropyridines is 1. The van der Waals surface area contributed by atoms with Gasteiger partial charge in [0.1, 0.15) is 17.4 Å². The lowest BCUT2D eigenvalue weighted by Gasteiger charge is -2.36. The molecule has 8 heteroatoms. The number of benzene rings is 2. The van der Waals surface area contributed by atoms with Crippen LogP contribution < -0.4 is 15.5 Å². The summed E-state index contributed by atoms with van der Waals surface area (Å²) in [5, 5.41) is 4.04. The standard InChI is InChI=1S/C32H30ClNO6/c1-17-28(32(37)40-21-7-3-4-8-21)29(24-16-39-27-11-10-20(33)15-23(27)31(24)36)30-25(34-17)13-19(14-26(30)35)18-6-5-9-22(12-18)38-2/h5-6,9-12,15-16,19,21,29,34H,3-4,7-8,13-14H2,1-2H3/t19-,29-/m1/s1. The number of rotatable bonds is 5. The minimum absolute atomic E-state index is 0.0823. The summed E-state index contributed by atoms with van der Waals surface area (Å²) in [5.74, 6) is -0.915. The summed E-state index contributed by atoms with van der Waals surface area (Å²) in [7, 11) is 1.61. The van der Waals surface area contributed by atoms with E-state index in [1.165, 1.54) is 6.26 Å². The first kappa shape index (κ1) is 26.4. The van der Waals surface area contributed by atoms with Gasteiger partial charge in [0, 0.05) is 34.0 Å². The second-order valence-electron chi connectivity index (χ2n) is 10.8. The minimum Gasteiger partial charge on any atom is -0.497 e. The van der Waals surface area contributed by atoms with E-state index in [0.29, 0.717) is 39.4 Å². The van der Waals surface area contributed by atoms with Gasteiger partial charge in [0.05, 0.1) is 30.3 Å². The summed E-state index contributed by atoms with van der Waals surface area (Å²) in [4.78, 5) is 41.5. The molecule has 0 amide bonds. The van der Waals surface area contributed by atoms with Crippen molar-refractivity contribution in [1.82, 2.24) is 5.32 Å². The Morgan fingerprint density at radius 3 is 2.65 bits per heavy atom. The number of ketones is 1. The number of allylic oxidation sites excluding steroid dienone is 3. The molecule has 6 rings (SSSR count). The Balaban J connectivity index is 1.47. The highest BCUT2D eigenvalue weighted by molar-refractivity contribution is 6.31. The molecule has 206 valence electrons. The highest BCUT2D eigenvalue weighted by Crippen LogP contribution is 2.46. The number of nitrogens with one attached hydrogen (secondary N) is 1. The summed E-state index contributed by atoms with van der Waals surface area (Å²) >= 11 is 6.21. The molecule has 0 saturated heterocycles. The lowest BCUT2D eigenvalue weighted by atomic mass is 9.72. The summed E-state index contributed by atoms with van der Waals surface area (Å²) < 4.78 is 17.2. The van der Waals surface area contributed by atoms with Gasteiger partial charge in [-0.15, -0.1) is 0 Å². The minimum atomic E-state index is -0.913. The molecule has 2 aromatic carbocycles. The Labute approximate surface area is 236 Å². The molecule has 1 aliphatic heterocycles. The van der Waals surface area contributed by atoms with Crippen molar-refractivity contribution in [3.63, 3.8) is 0 Å². The number of methoxy groups -OCH3 is 1. The van der Waals surface area contributed by atoms with Crippen molar-refractivity contribution in [1.29, 1.82) is 0 Å². The molecular weight excluding hydrogens is 530 g/mol. The lowest BCUT2D eigenvalue weighted by Crippen LogP contribution is -2.38. The zero-order valence-electron chi connectivity index (χ0n) is 22.4. The molecule has 3 aromatic rings. The summed E-state index contributed by atoms with van der Waals surface area (Å²) in [6.07, 6.45) is 5.60. The molecule has 2 atom stereocenters. The van der Waals surface area contributed by atoms with E-state index in [4.69, 9.17) is 25.5 Å². The normalized spacial score (nSPS) is 21.4. The van der Waals surface area contributed by atoms with Crippen molar-refractivity contribution in [2.24, 2.45) is 0 Å². The number of fused-ring (bicyclic) bond motifs is 1. The van der Waals surface area contributed by atoms with Crippen LogP contribution in [-0.4, -0.2) is 25.0 Å². The predicted octanol–water partition coefficient (Wildman–Crippen LogP) is 6.30. The van der Waals surface area contributed by atoms with Crippen LogP contribution in [0.1, 0.15) is 68.4 Å². The van der Waals surface area contributed by atoms with E-state index in [1.54, 1.807) is 32.2 Å². The number of carbonyl (C=O) groups is 2. The Kier molecular flexibility index (Phi) is 7.00. The number of hydrogen-bond donors (Lipinski definition) is 1. The van der Waals surface area contributed by atoms with E-state index < -0.39 is 11.9 Å². The van der Waals surface area contributed by atoms with E-state index in [2.05, 4.69) is 5.32 Å². The number of ether oxygens (including phenoxy) is 2. The zero-order chi connectivity index (χ0) is 28.0. The van der Waals surface area contributed by atoms with Gasteiger partial charge in [-0.25, -0.2) is 4.79 Å². The molecule has 7 nitrogen and oxygen atoms in total. The maximum Gasteiger partial charge on any atom is 0.337 e. The SMILES string of the molecule is COc1cccc([C@H]2CC(=O)C3=C(C2)NC(C)=C(C(=O)OC2CCCC2)[C@H]3c2coc3ccc(Cl)cc3c2=O)c1. The average Bonchev–Trinajstić information content (AvgIpc) is 3.45. The molecule has 3 aliphatic rings. The fourth-order valence-corrected chi connectivity index (χ4v) is 6.46. The van der Waals surface area contributed by atoms with E-state index in [-0.39, 0.29) is 40.8 Å². The molecule has 1 aromatic heterocycles. The van der Waals surface area contributed by atoms with Crippen LogP contribution in [0, 0.1) is 0 Å². The number of hydrogen-bond acceptors (Lipinski definition) is 7. The largest absolute Gasteiger partial charge is 0.497 e. The van der Waals surface area contributed by atoms with Crippen molar-refractivity contribution in [3.05, 3.63) is 97.6 Å². The Morgan fingerprint density at radius 2 is 1.88 bits per heavy atom. The average molecular weight is 560 g/mol. The van der Waals surface area contributed by atoms with Crippen LogP contribution in [0.3, 0.4) is 0 Å². The summed E-state index contributed by atoms with van der Waals surface area (Å²) in [5.41, 5.74) is 3.21. The fourth-order valence-electron chi connectivity index (χ4n) is 6.29. The van der Waals surface area contributed by atoms with Crippen LogP contribution in [0.4, 0.5) is 0 Å². The number of esters is 1. The second kappa shape index (κ2) is 10.6. The van der Waals surface area contributed by atoms with E-state index >= 15 is 0 Å². The highest BCUT2D eigenvalue weighted by Gasteiger charge is 2.43. The van der Waals surface area contributed by atoms with Crippen LogP contribution >= 0.6 is 11.6 Å². The molecular formula is C32H30ClNO6. The molecule has 40 heavy (non-hydrogen) atoms. The van der Waals surface area contributed by atoms with Gasteiger partial charge in [-0.3, -0.25) is 9.59 Å². The van der Waals surface area contributed by atoms with E-state index in [0.717, 1.165) is 37.0 Å². The molecule has 0 spiro atoms. The van der Waals surface area contributed by atoms with Gasteiger partial charge in [-0.05, 0) is 80.8 Å². The van der Waals surface area contributed by atoms with Crippen molar-refractivity contribution in [2.75, 3.05) is 7.11 Å². The second-order valence-corrected chi connectivity index (χ2v) is 11.2. The molecule has 0 bridgehead atoms. The zero-order valence-corrected chi connectivity index (χ0v) is 23.2. The molecule has 2 aliphatic carbocycles. The summed E-state index contributed by atoms with van der Waals surface area (Å²) in [6, 6.07) is 12.5. The van der Waals surface area contributed by atoms with Gasteiger partial charge in [0.25, 0.3) is 0 Å². The Morgan fingerprint density at radius 1 is 1.07 bits per heavy atom. The van der Waals surface area contributed by atoms with Gasteiger partial charge < -0.3 is 19.2 Å². The van der Waals surface area contributed by atoms with Crippen LogP contribution in [0.15, 0.2) is 80.5 Å². The quantitative estimate of drug-likeness (QED) is 0.366. The Bertz CT molecular complexity index is 1640. The number of Topliss-reactive ketones (excluding diaryl/α,β-unsaturated/α-hetero) is 1. The van der Waals surface area contributed by atoms with Crippen molar-refractivity contribution >= 4 is 34.3 Å². The van der Waals surface area contributed by atoms with Crippen molar-refractivity contribution in [3.8, 4) is 5.75 Å². The topological polar surface area (TPSA) is 94.8 Å².